The second-order valence-corrected chi connectivity index (χ2v) is 3.07. The van der Waals surface area contributed by atoms with Gasteiger partial charge in [-0.3, -0.25) is 4.79 Å². The third-order valence-corrected chi connectivity index (χ3v) is 1.80. The van der Waals surface area contributed by atoms with E-state index < -0.39 is 25.1 Å². The summed E-state index contributed by atoms with van der Waals surface area (Å²) in [6, 6.07) is 5.90. The van der Waals surface area contributed by atoms with Crippen molar-refractivity contribution in [2.24, 2.45) is 5.73 Å². The molecule has 16 heavy (non-hydrogen) atoms. The third kappa shape index (κ3) is 3.80. The van der Waals surface area contributed by atoms with Crippen LogP contribution in [0.3, 0.4) is 0 Å². The maximum atomic E-state index is 11.8. The molecule has 0 atom stereocenters. The predicted molar refractivity (Wildman–Crippen MR) is 51.1 cm³/mol. The van der Waals surface area contributed by atoms with E-state index in [1.807, 2.05) is 0 Å². The van der Waals surface area contributed by atoms with Crippen molar-refractivity contribution in [3.8, 4) is 5.75 Å². The normalized spacial score (nSPS) is 11.2. The van der Waals surface area contributed by atoms with Gasteiger partial charge in [-0.15, -0.1) is 0 Å². The standard InChI is InChI=1S/C10H10F3NO2/c11-10(12,13)5-6-16-8-4-2-1-3-7(8)9(14)15/h1-4H,5-6H2,(H2,14,15). The minimum Gasteiger partial charge on any atom is -0.492 e. The van der Waals surface area contributed by atoms with Crippen LogP contribution in [0.1, 0.15) is 16.8 Å². The fourth-order valence-electron chi connectivity index (χ4n) is 1.07. The second-order valence-electron chi connectivity index (χ2n) is 3.07. The number of amides is 1. The summed E-state index contributed by atoms with van der Waals surface area (Å²) in [4.78, 5) is 10.9. The van der Waals surface area contributed by atoms with Gasteiger partial charge in [0, 0.05) is 0 Å². The van der Waals surface area contributed by atoms with Crippen LogP contribution < -0.4 is 10.5 Å². The number of rotatable bonds is 4. The molecule has 1 aromatic carbocycles. The molecule has 0 aliphatic rings. The van der Waals surface area contributed by atoms with Crippen LogP contribution in [0.2, 0.25) is 0 Å². The molecule has 88 valence electrons. The van der Waals surface area contributed by atoms with Crippen LogP contribution in [-0.4, -0.2) is 18.7 Å². The number of nitrogens with two attached hydrogens (primary N) is 1. The van der Waals surface area contributed by atoms with Crippen molar-refractivity contribution in [3.63, 3.8) is 0 Å². The molecule has 3 nitrogen and oxygen atoms in total. The van der Waals surface area contributed by atoms with Crippen LogP contribution in [0.5, 0.6) is 5.75 Å². The molecule has 0 aliphatic carbocycles. The van der Waals surface area contributed by atoms with Crippen molar-refractivity contribution in [1.82, 2.24) is 0 Å². The first-order chi connectivity index (χ1) is 7.40. The lowest BCUT2D eigenvalue weighted by atomic mass is 10.2. The Morgan fingerprint density at radius 2 is 1.94 bits per heavy atom. The van der Waals surface area contributed by atoms with E-state index in [2.05, 4.69) is 0 Å². The van der Waals surface area contributed by atoms with E-state index in [4.69, 9.17) is 10.5 Å². The van der Waals surface area contributed by atoms with Gasteiger partial charge in [0.15, 0.2) is 0 Å². The second kappa shape index (κ2) is 4.87. The van der Waals surface area contributed by atoms with Crippen molar-refractivity contribution in [1.29, 1.82) is 0 Å². The van der Waals surface area contributed by atoms with Crippen LogP contribution in [0.25, 0.3) is 0 Å². The highest BCUT2D eigenvalue weighted by Crippen LogP contribution is 2.22. The number of alkyl halides is 3. The fraction of sp³-hybridized carbons (Fsp3) is 0.300. The molecule has 0 heterocycles. The molecular formula is C10H10F3NO2. The molecule has 0 spiro atoms. The first-order valence-corrected chi connectivity index (χ1v) is 4.48. The number of primary amides is 1. The third-order valence-electron chi connectivity index (χ3n) is 1.80. The first kappa shape index (κ1) is 12.4. The summed E-state index contributed by atoms with van der Waals surface area (Å²) in [7, 11) is 0. The summed E-state index contributed by atoms with van der Waals surface area (Å²) in [6.07, 6.45) is -5.35. The molecule has 0 unspecified atom stereocenters. The van der Waals surface area contributed by atoms with Crippen molar-refractivity contribution >= 4 is 5.91 Å². The molecule has 0 bridgehead atoms. The van der Waals surface area contributed by atoms with Crippen molar-refractivity contribution in [3.05, 3.63) is 29.8 Å². The largest absolute Gasteiger partial charge is 0.492 e. The smallest absolute Gasteiger partial charge is 0.392 e. The zero-order chi connectivity index (χ0) is 12.2. The minimum absolute atomic E-state index is 0.0688. The minimum atomic E-state index is -4.28. The monoisotopic (exact) mass is 233 g/mol. The van der Waals surface area contributed by atoms with Crippen LogP contribution in [-0.2, 0) is 0 Å². The fourth-order valence-corrected chi connectivity index (χ4v) is 1.07. The maximum absolute atomic E-state index is 11.8. The van der Waals surface area contributed by atoms with Gasteiger partial charge in [0.05, 0.1) is 18.6 Å². The number of carbonyl (C=O) groups is 1. The predicted octanol–water partition coefficient (Wildman–Crippen LogP) is 2.12. The lowest BCUT2D eigenvalue weighted by molar-refractivity contribution is -0.139. The van der Waals surface area contributed by atoms with E-state index >= 15 is 0 Å². The molecule has 0 saturated carbocycles. The average Bonchev–Trinajstić information content (AvgIpc) is 2.16. The van der Waals surface area contributed by atoms with Crippen LogP contribution >= 0.6 is 0 Å². The topological polar surface area (TPSA) is 52.3 Å². The van der Waals surface area contributed by atoms with Gasteiger partial charge < -0.3 is 10.5 Å². The number of halogens is 3. The van der Waals surface area contributed by atoms with E-state index in [-0.39, 0.29) is 11.3 Å². The Morgan fingerprint density at radius 1 is 1.31 bits per heavy atom. The molecule has 0 aromatic heterocycles. The lowest BCUT2D eigenvalue weighted by Gasteiger charge is -2.10. The molecule has 1 amide bonds. The summed E-state index contributed by atoms with van der Waals surface area (Å²) < 4.78 is 40.4. The summed E-state index contributed by atoms with van der Waals surface area (Å²) in [5, 5.41) is 0. The molecule has 1 rings (SSSR count). The van der Waals surface area contributed by atoms with Crippen LogP contribution in [0.15, 0.2) is 24.3 Å². The maximum Gasteiger partial charge on any atom is 0.392 e. The molecule has 2 N–H and O–H groups in total. The van der Waals surface area contributed by atoms with Gasteiger partial charge in [-0.25, -0.2) is 0 Å². The Bertz CT molecular complexity index is 377. The SMILES string of the molecule is NC(=O)c1ccccc1OCCC(F)(F)F. The Labute approximate surface area is 90.0 Å². The van der Waals surface area contributed by atoms with Crippen LogP contribution in [0.4, 0.5) is 13.2 Å². The van der Waals surface area contributed by atoms with E-state index in [0.29, 0.717) is 0 Å². The quantitative estimate of drug-likeness (QED) is 0.865. The van der Waals surface area contributed by atoms with Crippen LogP contribution in [0, 0.1) is 0 Å². The van der Waals surface area contributed by atoms with Gasteiger partial charge in [-0.1, -0.05) is 12.1 Å². The number of benzene rings is 1. The van der Waals surface area contributed by atoms with Gasteiger partial charge >= 0.3 is 6.18 Å². The summed E-state index contributed by atoms with van der Waals surface area (Å²) in [5.74, 6) is -0.665. The van der Waals surface area contributed by atoms with Gasteiger partial charge in [0.1, 0.15) is 5.75 Å². The van der Waals surface area contributed by atoms with E-state index in [9.17, 15) is 18.0 Å². The van der Waals surface area contributed by atoms with E-state index in [1.54, 1.807) is 12.1 Å². The Hall–Kier alpha value is -1.72. The molecule has 0 fully saturated rings. The Kier molecular flexibility index (Phi) is 3.76. The highest BCUT2D eigenvalue weighted by molar-refractivity contribution is 5.95. The summed E-state index contributed by atoms with van der Waals surface area (Å²) in [6.45, 7) is -0.534. The van der Waals surface area contributed by atoms with Gasteiger partial charge in [0.25, 0.3) is 5.91 Å². The number of ether oxygens (including phenoxy) is 1. The number of para-hydroxylation sites is 1. The van der Waals surface area contributed by atoms with E-state index in [1.165, 1.54) is 12.1 Å². The zero-order valence-electron chi connectivity index (χ0n) is 8.25. The number of hydrogen-bond donors (Lipinski definition) is 1. The molecule has 0 aliphatic heterocycles. The Balaban J connectivity index is 2.64. The van der Waals surface area contributed by atoms with Gasteiger partial charge in [-0.2, -0.15) is 13.2 Å². The summed E-state index contributed by atoms with van der Waals surface area (Å²) in [5.41, 5.74) is 5.10. The zero-order valence-corrected chi connectivity index (χ0v) is 8.25. The van der Waals surface area contributed by atoms with Gasteiger partial charge in [-0.05, 0) is 12.1 Å². The molecule has 0 saturated heterocycles. The van der Waals surface area contributed by atoms with Crippen molar-refractivity contribution in [2.75, 3.05) is 6.61 Å². The molecular weight excluding hydrogens is 223 g/mol. The van der Waals surface area contributed by atoms with Crippen molar-refractivity contribution in [2.45, 2.75) is 12.6 Å². The highest BCUT2D eigenvalue weighted by atomic mass is 19.4. The molecule has 0 radical (unpaired) electrons. The lowest BCUT2D eigenvalue weighted by Crippen LogP contribution is -2.16. The van der Waals surface area contributed by atoms with E-state index in [0.717, 1.165) is 0 Å². The number of hydrogen-bond acceptors (Lipinski definition) is 2. The molecule has 6 heteroatoms. The summed E-state index contributed by atoms with van der Waals surface area (Å²) >= 11 is 0. The van der Waals surface area contributed by atoms with Crippen molar-refractivity contribution < 1.29 is 22.7 Å². The molecule has 1 aromatic rings. The Morgan fingerprint density at radius 3 is 2.50 bits per heavy atom. The average molecular weight is 233 g/mol. The first-order valence-electron chi connectivity index (χ1n) is 4.48. The van der Waals surface area contributed by atoms with Gasteiger partial charge in [0.2, 0.25) is 0 Å². The highest BCUT2D eigenvalue weighted by Gasteiger charge is 2.27. The number of carbonyl (C=O) groups excluding carboxylic acids is 1.